The molecular weight excluding hydrogens is 1110 g/mol. The molecule has 0 spiro atoms. The highest BCUT2D eigenvalue weighted by molar-refractivity contribution is 5.80. The van der Waals surface area contributed by atoms with Crippen LogP contribution in [0.4, 0.5) is 0 Å². The summed E-state index contributed by atoms with van der Waals surface area (Å²) in [6.07, 6.45) is -13.6. The van der Waals surface area contributed by atoms with Gasteiger partial charge in [0, 0.05) is 23.7 Å². The highest BCUT2D eigenvalue weighted by Crippen LogP contribution is 2.59. The number of carbonyl (C=O) groups excluding carboxylic acids is 2. The van der Waals surface area contributed by atoms with Gasteiger partial charge in [-0.3, -0.25) is 9.59 Å². The first kappa shape index (κ1) is 56.5. The Morgan fingerprint density at radius 2 is 0.786 bits per heavy atom. The van der Waals surface area contributed by atoms with E-state index >= 15 is 0 Å². The lowest BCUT2D eigenvalue weighted by molar-refractivity contribution is -0.364. The van der Waals surface area contributed by atoms with E-state index in [-0.39, 0.29) is 74.5 Å². The first-order valence-corrected chi connectivity index (χ1v) is 27.6. The van der Waals surface area contributed by atoms with Crippen LogP contribution in [0, 0.1) is 23.7 Å². The molecule has 8 heterocycles. The summed E-state index contributed by atoms with van der Waals surface area (Å²) < 4.78 is 103. The van der Waals surface area contributed by atoms with Gasteiger partial charge in [0.15, 0.2) is 71.2 Å². The highest BCUT2D eigenvalue weighted by atomic mass is 16.8. The Bertz CT molecular complexity index is 2910. The predicted molar refractivity (Wildman–Crippen MR) is 277 cm³/mol. The zero-order valence-electron chi connectivity index (χ0n) is 46.3. The van der Waals surface area contributed by atoms with Gasteiger partial charge in [-0.05, 0) is 95.8 Å². The van der Waals surface area contributed by atoms with Crippen molar-refractivity contribution in [3.05, 3.63) is 81.9 Å². The van der Waals surface area contributed by atoms with E-state index < -0.39 is 134 Å². The average Bonchev–Trinajstić information content (AvgIpc) is 1.55. The lowest BCUT2D eigenvalue weighted by atomic mass is 9.66. The molecule has 0 amide bonds. The van der Waals surface area contributed by atoms with Crippen molar-refractivity contribution in [2.45, 2.75) is 112 Å². The van der Waals surface area contributed by atoms with E-state index in [1.807, 2.05) is 0 Å². The number of aliphatic hydroxyl groups is 4. The van der Waals surface area contributed by atoms with Crippen molar-refractivity contribution in [2.24, 2.45) is 23.7 Å². The van der Waals surface area contributed by atoms with E-state index in [4.69, 9.17) is 85.3 Å². The van der Waals surface area contributed by atoms with Gasteiger partial charge in [-0.25, -0.2) is 0 Å². The summed E-state index contributed by atoms with van der Waals surface area (Å²) in [5, 5.41) is 65.0. The number of esters is 2. The number of phenolic OH excluding ortho intramolecular Hbond substituents is 2. The van der Waals surface area contributed by atoms with Crippen LogP contribution in [-0.2, 0) is 57.0 Å². The number of aliphatic hydroxyl groups excluding tert-OH is 4. The van der Waals surface area contributed by atoms with Crippen LogP contribution in [0.5, 0.6) is 57.5 Å². The molecule has 0 saturated carbocycles. The van der Waals surface area contributed by atoms with Crippen molar-refractivity contribution < 1.29 is 125 Å². The highest BCUT2D eigenvalue weighted by Gasteiger charge is 2.58. The average molecular weight is 1180 g/mol. The summed E-state index contributed by atoms with van der Waals surface area (Å²) in [7, 11) is 5.72. The lowest BCUT2D eigenvalue weighted by Gasteiger charge is -2.47. The summed E-state index contributed by atoms with van der Waals surface area (Å²) in [6, 6.07) is 13.9. The number of cyclic esters (lactones) is 2. The fourth-order valence-corrected chi connectivity index (χ4v) is 13.5. The van der Waals surface area contributed by atoms with Crippen LogP contribution >= 0.6 is 0 Å². The molecule has 84 heavy (non-hydrogen) atoms. The van der Waals surface area contributed by atoms with Gasteiger partial charge in [0.05, 0.1) is 78.9 Å². The van der Waals surface area contributed by atoms with Crippen LogP contribution in [0.1, 0.15) is 71.3 Å². The number of hydrogen-bond donors (Lipinski definition) is 6. The normalized spacial score (nSPS) is 36.5. The van der Waals surface area contributed by atoms with Gasteiger partial charge in [0.2, 0.25) is 25.1 Å². The number of fused-ring (bicyclic) bond motifs is 8. The summed E-state index contributed by atoms with van der Waals surface area (Å²) in [4.78, 5) is 26.8. The van der Waals surface area contributed by atoms with Crippen molar-refractivity contribution >= 4 is 11.9 Å². The lowest BCUT2D eigenvalue weighted by Crippen LogP contribution is -2.63. The van der Waals surface area contributed by atoms with Crippen LogP contribution in [0.3, 0.4) is 0 Å². The standard InChI is InChI=1S/2C29H32O13/c2*1-11-36-9-20-27(40-11)24(31)25(32)29(41-20)42-26-14-7-17-16(38-10-39-17)6-13(14)21(22-15(26)8-37-28(22)33)12-4-18(34-2)23(30)19(5-12)35-3/h2*4-7,11,15,20-22,24-27,29-32H,8-10H2,1-3H3/t2*11-,15+,20-,21-,22+,24-,25-,26-,27-,29+/m11/s1. The van der Waals surface area contributed by atoms with Gasteiger partial charge in [0.1, 0.15) is 48.8 Å². The maximum absolute atomic E-state index is 13.4. The number of ether oxygens (including phenoxy) is 18. The first-order chi connectivity index (χ1) is 40.6. The van der Waals surface area contributed by atoms with Crippen molar-refractivity contribution in [1.82, 2.24) is 0 Å². The zero-order chi connectivity index (χ0) is 58.6. The Hall–Kier alpha value is -6.66. The molecule has 8 aliphatic heterocycles. The topological polar surface area (TPSA) is 322 Å². The Kier molecular flexibility index (Phi) is 15.0. The molecule has 6 N–H and O–H groups in total. The second kappa shape index (κ2) is 22.3. The number of aromatic hydroxyl groups is 2. The molecule has 6 saturated heterocycles. The zero-order valence-corrected chi connectivity index (χ0v) is 46.3. The molecule has 0 aromatic heterocycles. The van der Waals surface area contributed by atoms with E-state index in [1.54, 1.807) is 62.4 Å². The van der Waals surface area contributed by atoms with Crippen LogP contribution in [0.25, 0.3) is 0 Å². The predicted octanol–water partition coefficient (Wildman–Crippen LogP) is 2.68. The van der Waals surface area contributed by atoms with Crippen molar-refractivity contribution in [3.63, 3.8) is 0 Å². The van der Waals surface area contributed by atoms with Crippen molar-refractivity contribution in [3.8, 4) is 57.5 Å². The molecular formula is C58H64O26. The van der Waals surface area contributed by atoms with Crippen LogP contribution < -0.4 is 37.9 Å². The van der Waals surface area contributed by atoms with E-state index in [9.17, 15) is 40.2 Å². The summed E-state index contributed by atoms with van der Waals surface area (Å²) >= 11 is 0. The SMILES string of the molecule is COc1cc([C@@H]2c3cc4c(cc3[C@@H](O[C@@H]3O[C@@H]5CO[C@@H](C)O[C@H]5[C@H](O)[C@H]3O)[C@H]3COC(=O)[C@H]23)OCO4)cc(OC)c1O.COc1cc([C@@H]2c3cc4c(cc3[C@@H](O[C@@H]3O[C@@H]5CO[C@@H](C)O[C@H]5[C@H](O)[C@H]3O)[C@H]3COC(=O)[C@H]23)OCO4)cc(OC)c1O. The number of methoxy groups -OCH3 is 4. The van der Waals surface area contributed by atoms with Gasteiger partial charge in [0.25, 0.3) is 0 Å². The molecule has 0 unspecified atom stereocenters. The Morgan fingerprint density at radius 1 is 0.440 bits per heavy atom. The molecule has 14 rings (SSSR count). The summed E-state index contributed by atoms with van der Waals surface area (Å²) in [5.41, 5.74) is 4.03. The second-order valence-corrected chi connectivity index (χ2v) is 22.0. The van der Waals surface area contributed by atoms with Crippen molar-refractivity contribution in [1.29, 1.82) is 0 Å². The second-order valence-electron chi connectivity index (χ2n) is 22.0. The van der Waals surface area contributed by atoms with E-state index in [2.05, 4.69) is 0 Å². The third-order valence-corrected chi connectivity index (χ3v) is 17.5. The van der Waals surface area contributed by atoms with Crippen LogP contribution in [0.2, 0.25) is 0 Å². The molecule has 4 aromatic rings. The maximum Gasteiger partial charge on any atom is 0.310 e. The number of benzene rings is 4. The van der Waals surface area contributed by atoms with Crippen LogP contribution in [0.15, 0.2) is 48.5 Å². The quantitative estimate of drug-likeness (QED) is 0.124. The molecule has 26 nitrogen and oxygen atoms in total. The third-order valence-electron chi connectivity index (χ3n) is 17.5. The number of phenols is 2. The number of carbonyl (C=O) groups is 2. The van der Waals surface area contributed by atoms with E-state index in [0.29, 0.717) is 56.4 Å². The molecule has 0 bridgehead atoms. The van der Waals surface area contributed by atoms with Gasteiger partial charge < -0.3 is 116 Å². The fourth-order valence-electron chi connectivity index (χ4n) is 13.5. The van der Waals surface area contributed by atoms with Crippen molar-refractivity contribution in [2.75, 3.05) is 68.5 Å². The Balaban J connectivity index is 0.000000157. The minimum absolute atomic E-state index is 0.0301. The first-order valence-electron chi connectivity index (χ1n) is 27.6. The third kappa shape index (κ3) is 9.50. The molecule has 0 radical (unpaired) electrons. The molecule has 20 atom stereocenters. The number of hydrogen-bond acceptors (Lipinski definition) is 26. The van der Waals surface area contributed by atoms with Gasteiger partial charge in [-0.15, -0.1) is 0 Å². The molecule has 26 heteroatoms. The Labute approximate surface area is 479 Å². The number of rotatable bonds is 10. The molecule has 6 fully saturated rings. The molecule has 452 valence electrons. The fraction of sp³-hybridized carbons (Fsp3) is 0.552. The molecule has 10 aliphatic rings. The summed E-state index contributed by atoms with van der Waals surface area (Å²) in [5.74, 6) is -2.05. The van der Waals surface area contributed by atoms with Gasteiger partial charge in [-0.1, -0.05) is 0 Å². The molecule has 2 aliphatic carbocycles. The molecule has 4 aromatic carbocycles. The monoisotopic (exact) mass is 1180 g/mol. The minimum atomic E-state index is -1.44. The largest absolute Gasteiger partial charge is 0.502 e. The minimum Gasteiger partial charge on any atom is -0.502 e. The van der Waals surface area contributed by atoms with Gasteiger partial charge >= 0.3 is 11.9 Å². The van der Waals surface area contributed by atoms with Gasteiger partial charge in [-0.2, -0.15) is 0 Å². The summed E-state index contributed by atoms with van der Waals surface area (Å²) in [6.45, 7) is 3.86. The van der Waals surface area contributed by atoms with E-state index in [0.717, 1.165) is 0 Å². The maximum atomic E-state index is 13.4. The van der Waals surface area contributed by atoms with E-state index in [1.165, 1.54) is 28.4 Å². The Morgan fingerprint density at radius 3 is 1.13 bits per heavy atom. The van der Waals surface area contributed by atoms with Crippen LogP contribution in [-0.4, -0.2) is 185 Å². The smallest absolute Gasteiger partial charge is 0.310 e.